The molecule has 1 N–H and O–H groups in total. The van der Waals surface area contributed by atoms with E-state index in [1.807, 2.05) is 60.1 Å². The Hall–Kier alpha value is -3.81. The van der Waals surface area contributed by atoms with Crippen LogP contribution in [0.2, 0.25) is 0 Å². The van der Waals surface area contributed by atoms with E-state index in [9.17, 15) is 4.79 Å². The number of nitrogens with one attached hydrogen (secondary N) is 1. The van der Waals surface area contributed by atoms with E-state index < -0.39 is 6.10 Å². The molecule has 3 aromatic rings. The molecule has 2 aliphatic rings. The predicted octanol–water partition coefficient (Wildman–Crippen LogP) is 3.46. The van der Waals surface area contributed by atoms with E-state index in [1.165, 1.54) is 6.42 Å². The number of piperidine rings is 1. The molecule has 1 amide bonds. The van der Waals surface area contributed by atoms with Gasteiger partial charge in [0.05, 0.1) is 23.2 Å². The zero-order valence-corrected chi connectivity index (χ0v) is 18.6. The standard InChI is InChI=1S/C25H27N5O3/c1-18-20(16-26-27-24(31)23-17-32-21-12-6-7-13-22(21)33-23)25(29-14-8-3-9-15-29)30(28-18)19-10-4-2-5-11-19/h2,4-7,10-13,16,23H,3,8-9,14-15,17H2,1H3,(H,27,31). The highest BCUT2D eigenvalue weighted by Crippen LogP contribution is 2.31. The first-order valence-electron chi connectivity index (χ1n) is 11.3. The van der Waals surface area contributed by atoms with Gasteiger partial charge < -0.3 is 14.4 Å². The number of carbonyl (C=O) groups excluding carboxylic acids is 1. The van der Waals surface area contributed by atoms with Gasteiger partial charge in [0.15, 0.2) is 11.5 Å². The molecule has 1 saturated heterocycles. The van der Waals surface area contributed by atoms with E-state index in [2.05, 4.69) is 15.4 Å². The fourth-order valence-electron chi connectivity index (χ4n) is 4.22. The number of amides is 1. The molecular formula is C25H27N5O3. The zero-order valence-electron chi connectivity index (χ0n) is 18.6. The third-order valence-electron chi connectivity index (χ3n) is 5.91. The van der Waals surface area contributed by atoms with Crippen molar-refractivity contribution >= 4 is 17.9 Å². The van der Waals surface area contributed by atoms with Gasteiger partial charge in [0.2, 0.25) is 6.10 Å². The van der Waals surface area contributed by atoms with Crippen LogP contribution in [-0.4, -0.2) is 47.7 Å². The Balaban J connectivity index is 1.36. The van der Waals surface area contributed by atoms with Crippen molar-refractivity contribution in [2.45, 2.75) is 32.3 Å². The Kier molecular flexibility index (Phi) is 5.97. The lowest BCUT2D eigenvalue weighted by atomic mass is 10.1. The summed E-state index contributed by atoms with van der Waals surface area (Å²) in [5, 5.41) is 9.05. The lowest BCUT2D eigenvalue weighted by molar-refractivity contribution is -0.130. The first-order chi connectivity index (χ1) is 16.2. The predicted molar refractivity (Wildman–Crippen MR) is 126 cm³/mol. The second kappa shape index (κ2) is 9.36. The maximum Gasteiger partial charge on any atom is 0.284 e. The average molecular weight is 446 g/mol. The van der Waals surface area contributed by atoms with Crippen LogP contribution in [0, 0.1) is 6.92 Å². The van der Waals surface area contributed by atoms with Crippen molar-refractivity contribution in [2.75, 3.05) is 24.6 Å². The lowest BCUT2D eigenvalue weighted by Gasteiger charge is -2.29. The van der Waals surface area contributed by atoms with Gasteiger partial charge in [0, 0.05) is 13.1 Å². The van der Waals surface area contributed by atoms with Crippen molar-refractivity contribution in [1.29, 1.82) is 0 Å². The van der Waals surface area contributed by atoms with Crippen LogP contribution in [0.15, 0.2) is 59.7 Å². The third kappa shape index (κ3) is 4.41. The largest absolute Gasteiger partial charge is 0.485 e. The summed E-state index contributed by atoms with van der Waals surface area (Å²) in [5.41, 5.74) is 5.35. The molecule has 3 heterocycles. The maximum atomic E-state index is 12.6. The van der Waals surface area contributed by atoms with Gasteiger partial charge in [-0.1, -0.05) is 30.3 Å². The molecule has 0 radical (unpaired) electrons. The number of ether oxygens (including phenoxy) is 2. The SMILES string of the molecule is Cc1nn(-c2ccccc2)c(N2CCCCC2)c1C=NNC(=O)C1COc2ccccc2O1. The number of carbonyl (C=O) groups is 1. The number of aryl methyl sites for hydroxylation is 1. The minimum atomic E-state index is -0.758. The fraction of sp³-hybridized carbons (Fsp3) is 0.320. The molecule has 1 aromatic heterocycles. The summed E-state index contributed by atoms with van der Waals surface area (Å²) >= 11 is 0. The highest BCUT2D eigenvalue weighted by molar-refractivity contribution is 5.90. The van der Waals surface area contributed by atoms with Crippen molar-refractivity contribution in [3.05, 3.63) is 65.9 Å². The van der Waals surface area contributed by atoms with Gasteiger partial charge >= 0.3 is 0 Å². The zero-order chi connectivity index (χ0) is 22.6. The molecule has 1 atom stereocenters. The molecule has 8 nitrogen and oxygen atoms in total. The fourth-order valence-corrected chi connectivity index (χ4v) is 4.22. The summed E-state index contributed by atoms with van der Waals surface area (Å²) in [6.07, 6.45) is 4.45. The molecular weight excluding hydrogens is 418 g/mol. The Morgan fingerprint density at radius 2 is 1.79 bits per heavy atom. The Morgan fingerprint density at radius 1 is 1.06 bits per heavy atom. The van der Waals surface area contributed by atoms with Gasteiger partial charge in [-0.05, 0) is 50.5 Å². The Bertz CT molecular complexity index is 1150. The number of benzene rings is 2. The molecule has 0 aliphatic carbocycles. The van der Waals surface area contributed by atoms with Crippen LogP contribution < -0.4 is 19.8 Å². The number of nitrogens with zero attached hydrogens (tertiary/aromatic N) is 4. The van der Waals surface area contributed by atoms with Gasteiger partial charge in [0.25, 0.3) is 5.91 Å². The van der Waals surface area contributed by atoms with Crippen molar-refractivity contribution in [1.82, 2.24) is 15.2 Å². The van der Waals surface area contributed by atoms with Crippen molar-refractivity contribution in [3.63, 3.8) is 0 Å². The normalized spacial score (nSPS) is 17.8. The Labute approximate surface area is 192 Å². The second-order valence-corrected chi connectivity index (χ2v) is 8.22. The van der Waals surface area contributed by atoms with Crippen LogP contribution in [0.5, 0.6) is 11.5 Å². The van der Waals surface area contributed by atoms with Crippen molar-refractivity contribution in [2.24, 2.45) is 5.10 Å². The molecule has 0 spiro atoms. The van der Waals surface area contributed by atoms with Crippen molar-refractivity contribution in [3.8, 4) is 17.2 Å². The van der Waals surface area contributed by atoms with Crippen LogP contribution in [-0.2, 0) is 4.79 Å². The molecule has 1 fully saturated rings. The number of hydrogen-bond donors (Lipinski definition) is 1. The van der Waals surface area contributed by atoms with Gasteiger partial charge in [-0.3, -0.25) is 4.79 Å². The quantitative estimate of drug-likeness (QED) is 0.481. The van der Waals surface area contributed by atoms with Crippen LogP contribution in [0.4, 0.5) is 5.82 Å². The minimum Gasteiger partial charge on any atom is -0.485 e. The molecule has 2 aliphatic heterocycles. The summed E-state index contributed by atoms with van der Waals surface area (Å²) in [7, 11) is 0. The second-order valence-electron chi connectivity index (χ2n) is 8.22. The maximum absolute atomic E-state index is 12.6. The molecule has 33 heavy (non-hydrogen) atoms. The van der Waals surface area contributed by atoms with E-state index >= 15 is 0 Å². The molecule has 0 bridgehead atoms. The first kappa shape index (κ1) is 21.1. The van der Waals surface area contributed by atoms with Crippen LogP contribution in [0.3, 0.4) is 0 Å². The molecule has 170 valence electrons. The third-order valence-corrected chi connectivity index (χ3v) is 5.91. The number of para-hydroxylation sites is 3. The van der Waals surface area contributed by atoms with E-state index in [0.29, 0.717) is 11.5 Å². The molecule has 8 heteroatoms. The smallest absolute Gasteiger partial charge is 0.284 e. The Morgan fingerprint density at radius 3 is 2.58 bits per heavy atom. The molecule has 1 unspecified atom stereocenters. The topological polar surface area (TPSA) is 81.0 Å². The summed E-state index contributed by atoms with van der Waals surface area (Å²) in [4.78, 5) is 15.0. The van der Waals surface area contributed by atoms with Crippen molar-refractivity contribution < 1.29 is 14.3 Å². The summed E-state index contributed by atoms with van der Waals surface area (Å²) in [6, 6.07) is 17.4. The number of anilines is 1. The number of aromatic nitrogens is 2. The van der Waals surface area contributed by atoms with Gasteiger partial charge in [-0.2, -0.15) is 10.2 Å². The van der Waals surface area contributed by atoms with Gasteiger partial charge in [0.1, 0.15) is 12.4 Å². The van der Waals surface area contributed by atoms with E-state index in [0.717, 1.165) is 48.7 Å². The summed E-state index contributed by atoms with van der Waals surface area (Å²) < 4.78 is 13.4. The highest BCUT2D eigenvalue weighted by Gasteiger charge is 2.27. The molecule has 2 aromatic carbocycles. The van der Waals surface area contributed by atoms with Gasteiger partial charge in [-0.15, -0.1) is 0 Å². The number of fused-ring (bicyclic) bond motifs is 1. The van der Waals surface area contributed by atoms with E-state index in [4.69, 9.17) is 14.6 Å². The summed E-state index contributed by atoms with van der Waals surface area (Å²) in [5.74, 6) is 1.84. The van der Waals surface area contributed by atoms with E-state index in [1.54, 1.807) is 12.3 Å². The average Bonchev–Trinajstić information content (AvgIpc) is 3.20. The first-order valence-corrected chi connectivity index (χ1v) is 11.3. The monoisotopic (exact) mass is 445 g/mol. The minimum absolute atomic E-state index is 0.141. The van der Waals surface area contributed by atoms with Crippen LogP contribution in [0.25, 0.3) is 5.69 Å². The summed E-state index contributed by atoms with van der Waals surface area (Å²) in [6.45, 7) is 4.04. The lowest BCUT2D eigenvalue weighted by Crippen LogP contribution is -2.42. The number of hydrogen-bond acceptors (Lipinski definition) is 6. The van der Waals surface area contributed by atoms with Crippen LogP contribution in [0.1, 0.15) is 30.5 Å². The number of rotatable bonds is 5. The van der Waals surface area contributed by atoms with Crippen LogP contribution >= 0.6 is 0 Å². The number of hydrazone groups is 1. The molecule has 5 rings (SSSR count). The highest BCUT2D eigenvalue weighted by atomic mass is 16.6. The molecule has 0 saturated carbocycles. The van der Waals surface area contributed by atoms with Gasteiger partial charge in [-0.25, -0.2) is 10.1 Å². The van der Waals surface area contributed by atoms with E-state index in [-0.39, 0.29) is 12.5 Å².